The summed E-state index contributed by atoms with van der Waals surface area (Å²) in [4.78, 5) is 32.1. The lowest BCUT2D eigenvalue weighted by Crippen LogP contribution is -2.25. The third-order valence-corrected chi connectivity index (χ3v) is 2.39. The molecule has 0 aromatic heterocycles. The Morgan fingerprint density at radius 1 is 1.37 bits per heavy atom. The molecule has 0 aliphatic rings. The van der Waals surface area contributed by atoms with Gasteiger partial charge < -0.3 is 10.4 Å². The van der Waals surface area contributed by atoms with Crippen LogP contribution in [0.1, 0.15) is 28.8 Å². The molecule has 7 heteroatoms. The van der Waals surface area contributed by atoms with Crippen molar-refractivity contribution in [2.75, 3.05) is 6.54 Å². The fourth-order valence-corrected chi connectivity index (χ4v) is 1.54. The number of nitro benzene ring substituents is 1. The minimum atomic E-state index is -0.930. The van der Waals surface area contributed by atoms with Gasteiger partial charge in [-0.2, -0.15) is 0 Å². The van der Waals surface area contributed by atoms with Crippen LogP contribution in [0.3, 0.4) is 0 Å². The number of amides is 1. The fourth-order valence-electron chi connectivity index (χ4n) is 1.54. The molecule has 7 nitrogen and oxygen atoms in total. The summed E-state index contributed by atoms with van der Waals surface area (Å²) in [6.07, 6.45) is 0.281. The fraction of sp³-hybridized carbons (Fsp3) is 0.333. The molecular formula is C12H14N2O5. The standard InChI is InChI=1S/C12H14N2O5/c1-8-5-9(7-10(6-8)14(18)19)12(17)13-4-2-3-11(15)16/h5-7H,2-4H2,1H3,(H,13,17)(H,15,16). The Labute approximate surface area is 109 Å². The molecule has 1 aromatic carbocycles. The van der Waals surface area contributed by atoms with Gasteiger partial charge in [0.25, 0.3) is 11.6 Å². The molecule has 0 saturated carbocycles. The zero-order valence-corrected chi connectivity index (χ0v) is 10.4. The Bertz CT molecular complexity index is 513. The van der Waals surface area contributed by atoms with E-state index >= 15 is 0 Å². The van der Waals surface area contributed by atoms with Gasteiger partial charge in [0.15, 0.2) is 0 Å². The summed E-state index contributed by atoms with van der Waals surface area (Å²) in [5.74, 6) is -1.38. The molecule has 0 bridgehead atoms. The minimum Gasteiger partial charge on any atom is -0.481 e. The molecule has 1 rings (SSSR count). The van der Waals surface area contributed by atoms with E-state index in [0.717, 1.165) is 0 Å². The first-order valence-electron chi connectivity index (χ1n) is 5.66. The van der Waals surface area contributed by atoms with Crippen LogP contribution in [0.2, 0.25) is 0 Å². The molecule has 1 amide bonds. The van der Waals surface area contributed by atoms with Crippen LogP contribution in [0.4, 0.5) is 5.69 Å². The highest BCUT2D eigenvalue weighted by Gasteiger charge is 2.12. The van der Waals surface area contributed by atoms with E-state index in [-0.39, 0.29) is 24.2 Å². The monoisotopic (exact) mass is 266 g/mol. The average Bonchev–Trinajstić information content (AvgIpc) is 2.33. The molecule has 19 heavy (non-hydrogen) atoms. The number of benzene rings is 1. The number of hydrogen-bond acceptors (Lipinski definition) is 4. The number of nitro groups is 1. The molecule has 102 valence electrons. The lowest BCUT2D eigenvalue weighted by Gasteiger charge is -2.05. The Morgan fingerprint density at radius 3 is 2.63 bits per heavy atom. The second kappa shape index (κ2) is 6.48. The van der Waals surface area contributed by atoms with Gasteiger partial charge in [0.2, 0.25) is 0 Å². The SMILES string of the molecule is Cc1cc(C(=O)NCCCC(=O)O)cc([N+](=O)[O-])c1. The van der Waals surface area contributed by atoms with Crippen molar-refractivity contribution in [3.63, 3.8) is 0 Å². The van der Waals surface area contributed by atoms with Gasteiger partial charge in [-0.1, -0.05) is 0 Å². The zero-order chi connectivity index (χ0) is 14.4. The van der Waals surface area contributed by atoms with Crippen LogP contribution in [-0.2, 0) is 4.79 Å². The van der Waals surface area contributed by atoms with Gasteiger partial charge in [0, 0.05) is 30.7 Å². The maximum Gasteiger partial charge on any atom is 0.303 e. The third kappa shape index (κ3) is 4.74. The second-order valence-electron chi connectivity index (χ2n) is 4.07. The summed E-state index contributed by atoms with van der Waals surface area (Å²) >= 11 is 0. The van der Waals surface area contributed by atoms with Crippen molar-refractivity contribution in [1.29, 1.82) is 0 Å². The number of aryl methyl sites for hydroxylation is 1. The maximum absolute atomic E-state index is 11.7. The quantitative estimate of drug-likeness (QED) is 0.460. The number of carboxylic acids is 1. The van der Waals surface area contributed by atoms with Crippen molar-refractivity contribution in [3.8, 4) is 0 Å². The number of carbonyl (C=O) groups excluding carboxylic acids is 1. The van der Waals surface area contributed by atoms with Gasteiger partial charge in [-0.05, 0) is 25.0 Å². The number of hydrogen-bond donors (Lipinski definition) is 2. The normalized spacial score (nSPS) is 9.95. The Kier molecular flexibility index (Phi) is 4.99. The van der Waals surface area contributed by atoms with E-state index in [0.29, 0.717) is 12.0 Å². The number of aliphatic carboxylic acids is 1. The van der Waals surface area contributed by atoms with Gasteiger partial charge in [-0.15, -0.1) is 0 Å². The zero-order valence-electron chi connectivity index (χ0n) is 10.4. The summed E-state index contributed by atoms with van der Waals surface area (Å²) in [6.45, 7) is 1.88. The topological polar surface area (TPSA) is 110 Å². The first-order valence-corrected chi connectivity index (χ1v) is 5.66. The number of nitrogens with one attached hydrogen (secondary N) is 1. The highest BCUT2D eigenvalue weighted by Crippen LogP contribution is 2.16. The van der Waals surface area contributed by atoms with Gasteiger partial charge in [-0.25, -0.2) is 0 Å². The average molecular weight is 266 g/mol. The van der Waals surface area contributed by atoms with Gasteiger partial charge >= 0.3 is 5.97 Å². The highest BCUT2D eigenvalue weighted by atomic mass is 16.6. The van der Waals surface area contributed by atoms with E-state index in [1.54, 1.807) is 13.0 Å². The van der Waals surface area contributed by atoms with E-state index in [1.807, 2.05) is 0 Å². The lowest BCUT2D eigenvalue weighted by molar-refractivity contribution is -0.384. The van der Waals surface area contributed by atoms with Crippen molar-refractivity contribution in [1.82, 2.24) is 5.32 Å². The predicted octanol–water partition coefficient (Wildman–Crippen LogP) is 1.50. The van der Waals surface area contributed by atoms with E-state index in [4.69, 9.17) is 5.11 Å². The van der Waals surface area contributed by atoms with Crippen LogP contribution in [-0.4, -0.2) is 28.5 Å². The van der Waals surface area contributed by atoms with Crippen LogP contribution in [0.15, 0.2) is 18.2 Å². The molecule has 0 fully saturated rings. The lowest BCUT2D eigenvalue weighted by atomic mass is 10.1. The van der Waals surface area contributed by atoms with Crippen molar-refractivity contribution in [2.45, 2.75) is 19.8 Å². The molecule has 0 heterocycles. The van der Waals surface area contributed by atoms with Crippen LogP contribution in [0.5, 0.6) is 0 Å². The van der Waals surface area contributed by atoms with Crippen LogP contribution in [0, 0.1) is 17.0 Å². The maximum atomic E-state index is 11.7. The number of carbonyl (C=O) groups is 2. The molecule has 0 aliphatic heterocycles. The number of carboxylic acid groups (broad SMARTS) is 1. The molecule has 0 radical (unpaired) electrons. The third-order valence-electron chi connectivity index (χ3n) is 2.39. The summed E-state index contributed by atoms with van der Waals surface area (Å²) in [5, 5.41) is 21.6. The number of non-ortho nitro benzene ring substituents is 1. The summed E-state index contributed by atoms with van der Waals surface area (Å²) in [6, 6.07) is 4.11. The largest absolute Gasteiger partial charge is 0.481 e. The summed E-state index contributed by atoms with van der Waals surface area (Å²) < 4.78 is 0. The predicted molar refractivity (Wildman–Crippen MR) is 67.0 cm³/mol. The summed E-state index contributed by atoms with van der Waals surface area (Å²) in [5.41, 5.74) is 0.669. The van der Waals surface area contributed by atoms with Crippen molar-refractivity contribution in [2.24, 2.45) is 0 Å². The number of nitrogens with zero attached hydrogens (tertiary/aromatic N) is 1. The first kappa shape index (κ1) is 14.6. The molecule has 0 spiro atoms. The van der Waals surface area contributed by atoms with Crippen LogP contribution < -0.4 is 5.32 Å². The molecule has 0 saturated heterocycles. The Hall–Kier alpha value is -2.44. The Morgan fingerprint density at radius 2 is 2.05 bits per heavy atom. The van der Waals surface area contributed by atoms with E-state index < -0.39 is 16.8 Å². The smallest absolute Gasteiger partial charge is 0.303 e. The van der Waals surface area contributed by atoms with Gasteiger partial charge in [-0.3, -0.25) is 19.7 Å². The van der Waals surface area contributed by atoms with Gasteiger partial charge in [0.1, 0.15) is 0 Å². The van der Waals surface area contributed by atoms with Crippen molar-refractivity contribution >= 4 is 17.6 Å². The van der Waals surface area contributed by atoms with Crippen LogP contribution in [0.25, 0.3) is 0 Å². The van der Waals surface area contributed by atoms with E-state index in [2.05, 4.69) is 5.32 Å². The summed E-state index contributed by atoms with van der Waals surface area (Å²) in [7, 11) is 0. The molecular weight excluding hydrogens is 252 g/mol. The number of rotatable bonds is 6. The molecule has 0 aliphatic carbocycles. The van der Waals surface area contributed by atoms with Crippen molar-refractivity contribution < 1.29 is 19.6 Å². The second-order valence-corrected chi connectivity index (χ2v) is 4.07. The van der Waals surface area contributed by atoms with Crippen molar-refractivity contribution in [3.05, 3.63) is 39.4 Å². The highest BCUT2D eigenvalue weighted by molar-refractivity contribution is 5.95. The van der Waals surface area contributed by atoms with E-state index in [9.17, 15) is 19.7 Å². The minimum absolute atomic E-state index is 0.0335. The molecule has 0 unspecified atom stereocenters. The molecule has 1 aromatic rings. The van der Waals surface area contributed by atoms with Crippen LogP contribution >= 0.6 is 0 Å². The molecule has 2 N–H and O–H groups in total. The van der Waals surface area contributed by atoms with E-state index in [1.165, 1.54) is 12.1 Å². The Balaban J connectivity index is 2.66. The molecule has 0 atom stereocenters. The van der Waals surface area contributed by atoms with Gasteiger partial charge in [0.05, 0.1) is 4.92 Å². The first-order chi connectivity index (χ1) is 8.90.